The molecule has 2 aromatic heterocycles. The Morgan fingerprint density at radius 1 is 1.14 bits per heavy atom. The number of nitrogens with one attached hydrogen (secondary N) is 2. The molecule has 10 heteroatoms. The second kappa shape index (κ2) is 10.8. The minimum Gasteiger partial charge on any atom is -0.493 e. The molecular formula is C27H32N4O5S. The lowest BCUT2D eigenvalue weighted by molar-refractivity contribution is 0.0981. The van der Waals surface area contributed by atoms with Gasteiger partial charge in [-0.3, -0.25) is 9.59 Å². The zero-order valence-electron chi connectivity index (χ0n) is 21.4. The van der Waals surface area contributed by atoms with E-state index in [0.29, 0.717) is 24.0 Å². The Kier molecular flexibility index (Phi) is 7.68. The summed E-state index contributed by atoms with van der Waals surface area (Å²) in [6.07, 6.45) is 3.16. The van der Waals surface area contributed by atoms with Crippen LogP contribution >= 0.6 is 0 Å². The van der Waals surface area contributed by atoms with E-state index < -0.39 is 26.4 Å². The standard InChI is InChI=1S/C27H32N4O5S/c1-17(2)16-36-21-8-5-7-20(15-21)23-13-12-22(25(29-23)31-18(3)10-11-19(31)4)26(32)30-37(34,35)24-9-6-14-28-27(24)33/h5-9,12-15,17-19H,10-11,16H2,1-4H3,(H,28,33)(H,30,32)/t18-,19-/m0/s1. The van der Waals surface area contributed by atoms with Gasteiger partial charge in [0.1, 0.15) is 11.6 Å². The molecule has 3 heterocycles. The van der Waals surface area contributed by atoms with Crippen LogP contribution in [0.4, 0.5) is 5.82 Å². The van der Waals surface area contributed by atoms with Crippen molar-refractivity contribution < 1.29 is 17.9 Å². The summed E-state index contributed by atoms with van der Waals surface area (Å²) in [4.78, 5) is 34.0. The number of sulfonamides is 1. The van der Waals surface area contributed by atoms with E-state index in [9.17, 15) is 18.0 Å². The summed E-state index contributed by atoms with van der Waals surface area (Å²) in [6, 6.07) is 13.6. The molecule has 0 saturated carbocycles. The number of ether oxygens (including phenoxy) is 1. The molecular weight excluding hydrogens is 492 g/mol. The Morgan fingerprint density at radius 2 is 1.86 bits per heavy atom. The average Bonchev–Trinajstić information content (AvgIpc) is 3.20. The van der Waals surface area contributed by atoms with Crippen LogP contribution in [-0.4, -0.2) is 43.0 Å². The molecule has 1 aliphatic rings. The molecule has 1 fully saturated rings. The van der Waals surface area contributed by atoms with E-state index in [0.717, 1.165) is 30.2 Å². The van der Waals surface area contributed by atoms with Crippen molar-refractivity contribution in [2.24, 2.45) is 5.92 Å². The number of carbonyl (C=O) groups excluding carboxylic acids is 1. The largest absolute Gasteiger partial charge is 0.493 e. The first-order valence-corrected chi connectivity index (χ1v) is 13.8. The van der Waals surface area contributed by atoms with Crippen molar-refractivity contribution in [2.45, 2.75) is 57.5 Å². The van der Waals surface area contributed by atoms with Gasteiger partial charge in [-0.1, -0.05) is 26.0 Å². The lowest BCUT2D eigenvalue weighted by Gasteiger charge is -2.29. The van der Waals surface area contributed by atoms with Crippen LogP contribution < -0.4 is 19.9 Å². The fourth-order valence-corrected chi connectivity index (χ4v) is 5.48. The van der Waals surface area contributed by atoms with Crippen LogP contribution in [0.3, 0.4) is 0 Å². The second-order valence-corrected chi connectivity index (χ2v) is 11.4. The second-order valence-electron chi connectivity index (χ2n) is 9.78. The van der Waals surface area contributed by atoms with Crippen LogP contribution in [0.15, 0.2) is 64.4 Å². The molecule has 9 nitrogen and oxygen atoms in total. The molecule has 2 N–H and O–H groups in total. The molecule has 1 aromatic carbocycles. The summed E-state index contributed by atoms with van der Waals surface area (Å²) in [5.74, 6) is 0.654. The fraction of sp³-hybridized carbons (Fsp3) is 0.370. The number of aromatic nitrogens is 2. The maximum absolute atomic E-state index is 13.3. The van der Waals surface area contributed by atoms with Crippen molar-refractivity contribution in [1.82, 2.24) is 14.7 Å². The van der Waals surface area contributed by atoms with Gasteiger partial charge in [-0.15, -0.1) is 0 Å². The molecule has 37 heavy (non-hydrogen) atoms. The zero-order chi connectivity index (χ0) is 26.7. The number of pyridine rings is 2. The van der Waals surface area contributed by atoms with Crippen molar-refractivity contribution in [2.75, 3.05) is 11.5 Å². The van der Waals surface area contributed by atoms with Gasteiger partial charge < -0.3 is 14.6 Å². The molecule has 3 aromatic rings. The van der Waals surface area contributed by atoms with Crippen LogP contribution in [0.25, 0.3) is 11.3 Å². The Balaban J connectivity index is 1.73. The highest BCUT2D eigenvalue weighted by Crippen LogP contribution is 2.34. The normalized spacial score (nSPS) is 17.7. The Bertz CT molecular complexity index is 1440. The lowest BCUT2D eigenvalue weighted by Crippen LogP contribution is -2.38. The Morgan fingerprint density at radius 3 is 2.54 bits per heavy atom. The lowest BCUT2D eigenvalue weighted by atomic mass is 10.1. The number of hydrogen-bond acceptors (Lipinski definition) is 7. The highest BCUT2D eigenvalue weighted by molar-refractivity contribution is 7.90. The molecule has 0 bridgehead atoms. The fourth-order valence-electron chi connectivity index (χ4n) is 4.45. The Labute approximate surface area is 217 Å². The van der Waals surface area contributed by atoms with E-state index in [1.165, 1.54) is 12.3 Å². The number of nitrogens with zero attached hydrogens (tertiary/aromatic N) is 2. The van der Waals surface area contributed by atoms with Crippen molar-refractivity contribution in [3.8, 4) is 17.0 Å². The van der Waals surface area contributed by atoms with Crippen LogP contribution in [0, 0.1) is 5.92 Å². The summed E-state index contributed by atoms with van der Waals surface area (Å²) in [6.45, 7) is 8.85. The van der Waals surface area contributed by atoms with Crippen LogP contribution in [0.2, 0.25) is 0 Å². The van der Waals surface area contributed by atoms with Gasteiger partial charge in [-0.05, 0) is 69.0 Å². The van der Waals surface area contributed by atoms with Gasteiger partial charge in [0.05, 0.1) is 17.9 Å². The minimum absolute atomic E-state index is 0.110. The van der Waals surface area contributed by atoms with Crippen molar-refractivity contribution in [3.63, 3.8) is 0 Å². The van der Waals surface area contributed by atoms with Crippen LogP contribution in [0.1, 0.15) is 50.9 Å². The van der Waals surface area contributed by atoms with Crippen LogP contribution in [0.5, 0.6) is 5.75 Å². The molecule has 1 aliphatic heterocycles. The molecule has 4 rings (SSSR count). The molecule has 0 radical (unpaired) electrons. The average molecular weight is 525 g/mol. The maximum atomic E-state index is 13.3. The Hall–Kier alpha value is -3.66. The van der Waals surface area contributed by atoms with Crippen molar-refractivity contribution in [1.29, 1.82) is 0 Å². The minimum atomic E-state index is -4.39. The van der Waals surface area contributed by atoms with E-state index in [2.05, 4.69) is 37.6 Å². The molecule has 1 amide bonds. The zero-order valence-corrected chi connectivity index (χ0v) is 22.2. The topological polar surface area (TPSA) is 121 Å². The molecule has 1 saturated heterocycles. The monoisotopic (exact) mass is 524 g/mol. The highest BCUT2D eigenvalue weighted by Gasteiger charge is 2.33. The third-order valence-electron chi connectivity index (χ3n) is 6.33. The maximum Gasteiger partial charge on any atom is 0.269 e. The van der Waals surface area contributed by atoms with Crippen molar-refractivity contribution in [3.05, 3.63) is 70.6 Å². The SMILES string of the molecule is CC(C)COc1cccc(-c2ccc(C(=O)NS(=O)(=O)c3ccc[nH]c3=O)c(N3[C@@H](C)CC[C@@H]3C)n2)c1. The van der Waals surface area contributed by atoms with Gasteiger partial charge in [0, 0.05) is 23.8 Å². The number of rotatable bonds is 8. The summed E-state index contributed by atoms with van der Waals surface area (Å²) < 4.78 is 33.6. The number of H-pyrrole nitrogens is 1. The number of anilines is 1. The van der Waals surface area contributed by atoms with Gasteiger partial charge in [-0.2, -0.15) is 0 Å². The molecule has 0 spiro atoms. The number of hydrogen-bond donors (Lipinski definition) is 2. The van der Waals surface area contributed by atoms with E-state index >= 15 is 0 Å². The number of amides is 1. The third kappa shape index (κ3) is 5.85. The number of aromatic amines is 1. The number of carbonyl (C=O) groups is 1. The van der Waals surface area contributed by atoms with Gasteiger partial charge in [0.25, 0.3) is 21.5 Å². The first-order valence-electron chi connectivity index (χ1n) is 12.3. The molecule has 196 valence electrons. The van der Waals surface area contributed by atoms with Gasteiger partial charge >= 0.3 is 0 Å². The molecule has 0 unspecified atom stereocenters. The molecule has 2 atom stereocenters. The van der Waals surface area contributed by atoms with E-state index in [1.54, 1.807) is 12.1 Å². The van der Waals surface area contributed by atoms with E-state index in [1.807, 2.05) is 29.0 Å². The third-order valence-corrected chi connectivity index (χ3v) is 7.68. The predicted octanol–water partition coefficient (Wildman–Crippen LogP) is 3.97. The summed E-state index contributed by atoms with van der Waals surface area (Å²) in [5.41, 5.74) is 0.762. The van der Waals surface area contributed by atoms with E-state index in [-0.39, 0.29) is 17.6 Å². The predicted molar refractivity (Wildman–Crippen MR) is 142 cm³/mol. The number of benzene rings is 1. The smallest absolute Gasteiger partial charge is 0.269 e. The molecule has 0 aliphatic carbocycles. The van der Waals surface area contributed by atoms with Crippen LogP contribution in [-0.2, 0) is 10.0 Å². The van der Waals surface area contributed by atoms with E-state index in [4.69, 9.17) is 9.72 Å². The van der Waals surface area contributed by atoms with Gasteiger partial charge in [0.15, 0.2) is 4.90 Å². The highest BCUT2D eigenvalue weighted by atomic mass is 32.2. The van der Waals surface area contributed by atoms with Crippen molar-refractivity contribution >= 4 is 21.7 Å². The summed E-state index contributed by atoms with van der Waals surface area (Å²) in [7, 11) is -4.39. The van der Waals surface area contributed by atoms with Gasteiger partial charge in [0.2, 0.25) is 0 Å². The first kappa shape index (κ1) is 26.4. The quantitative estimate of drug-likeness (QED) is 0.457. The summed E-state index contributed by atoms with van der Waals surface area (Å²) >= 11 is 0. The first-order chi connectivity index (χ1) is 17.6. The summed E-state index contributed by atoms with van der Waals surface area (Å²) in [5, 5.41) is 0. The van der Waals surface area contributed by atoms with Gasteiger partial charge in [-0.25, -0.2) is 18.1 Å².